The highest BCUT2D eigenvalue weighted by Crippen LogP contribution is 2.59. The van der Waals surface area contributed by atoms with E-state index in [2.05, 4.69) is 56.0 Å². The number of nitrogens with zero attached hydrogens (tertiary/aromatic N) is 1. The summed E-state index contributed by atoms with van der Waals surface area (Å²) in [4.78, 5) is 2.48. The van der Waals surface area contributed by atoms with E-state index in [1.54, 1.807) is 7.11 Å². The molecule has 1 fully saturated rings. The topological polar surface area (TPSA) is 12.5 Å². The highest BCUT2D eigenvalue weighted by Gasteiger charge is 2.51. The van der Waals surface area contributed by atoms with Crippen molar-refractivity contribution in [1.82, 2.24) is 4.90 Å². The Morgan fingerprint density at radius 1 is 1.37 bits per heavy atom. The summed E-state index contributed by atoms with van der Waals surface area (Å²) in [6.45, 7) is 9.05. The summed E-state index contributed by atoms with van der Waals surface area (Å²) in [7, 11) is 1.80. The molecule has 0 aromatic heterocycles. The van der Waals surface area contributed by atoms with Crippen molar-refractivity contribution in [3.8, 4) is 0 Å². The first-order chi connectivity index (χ1) is 9.10. The van der Waals surface area contributed by atoms with Gasteiger partial charge in [0.2, 0.25) is 0 Å². The lowest BCUT2D eigenvalue weighted by atomic mass is 10.00. The molecule has 0 amide bonds. The maximum absolute atomic E-state index is 5.51. The van der Waals surface area contributed by atoms with E-state index in [1.807, 2.05) is 0 Å². The van der Waals surface area contributed by atoms with Gasteiger partial charge in [-0.25, -0.2) is 0 Å². The third kappa shape index (κ3) is 3.37. The molecule has 2 nitrogen and oxygen atoms in total. The highest BCUT2D eigenvalue weighted by atomic mass is 16.5. The Hall–Kier alpha value is -0.860. The van der Waals surface area contributed by atoms with Crippen molar-refractivity contribution in [2.75, 3.05) is 20.2 Å². The molecule has 0 spiro atoms. The van der Waals surface area contributed by atoms with Gasteiger partial charge in [0, 0.05) is 20.2 Å². The van der Waals surface area contributed by atoms with Crippen LogP contribution in [-0.2, 0) is 4.74 Å². The van der Waals surface area contributed by atoms with Crippen molar-refractivity contribution in [2.24, 2.45) is 5.41 Å². The van der Waals surface area contributed by atoms with E-state index >= 15 is 0 Å². The maximum Gasteiger partial charge on any atom is 0.107 e. The molecule has 19 heavy (non-hydrogen) atoms. The minimum atomic E-state index is 0.216. The van der Waals surface area contributed by atoms with Crippen LogP contribution in [0.3, 0.4) is 0 Å². The summed E-state index contributed by atoms with van der Waals surface area (Å²) in [6.07, 6.45) is 2.70. The number of rotatable bonds is 7. The fraction of sp³-hybridized carbons (Fsp3) is 0.647. The normalized spacial score (nSPS) is 27.5. The van der Waals surface area contributed by atoms with Gasteiger partial charge in [0.15, 0.2) is 0 Å². The molecule has 1 aliphatic carbocycles. The van der Waals surface area contributed by atoms with E-state index in [-0.39, 0.29) is 6.23 Å². The van der Waals surface area contributed by atoms with E-state index in [4.69, 9.17) is 4.74 Å². The van der Waals surface area contributed by atoms with Crippen molar-refractivity contribution in [3.05, 3.63) is 35.9 Å². The molecule has 3 atom stereocenters. The molecule has 0 heterocycles. The summed E-state index contributed by atoms with van der Waals surface area (Å²) < 4.78 is 5.51. The van der Waals surface area contributed by atoms with Gasteiger partial charge in [-0.15, -0.1) is 0 Å². The van der Waals surface area contributed by atoms with Gasteiger partial charge in [-0.05, 0) is 36.7 Å². The first-order valence-electron chi connectivity index (χ1n) is 7.42. The van der Waals surface area contributed by atoms with Gasteiger partial charge < -0.3 is 4.74 Å². The van der Waals surface area contributed by atoms with Gasteiger partial charge >= 0.3 is 0 Å². The molecule has 1 aliphatic rings. The number of ether oxygens (including phenoxy) is 1. The zero-order valence-electron chi connectivity index (χ0n) is 12.7. The predicted octanol–water partition coefficient (Wildman–Crippen LogP) is 3.88. The minimum absolute atomic E-state index is 0.216. The average Bonchev–Trinajstić information content (AvgIpc) is 3.10. The molecular weight excluding hydrogens is 234 g/mol. The van der Waals surface area contributed by atoms with Gasteiger partial charge in [-0.1, -0.05) is 44.2 Å². The predicted molar refractivity (Wildman–Crippen MR) is 80.2 cm³/mol. The van der Waals surface area contributed by atoms with Crippen LogP contribution in [0, 0.1) is 5.41 Å². The lowest BCUT2D eigenvalue weighted by Crippen LogP contribution is -2.39. The molecule has 0 radical (unpaired) electrons. The molecule has 0 N–H and O–H groups in total. The summed E-state index contributed by atoms with van der Waals surface area (Å²) in [5, 5.41) is 0. The van der Waals surface area contributed by atoms with E-state index < -0.39 is 0 Å². The standard InChI is InChI=1S/C17H27NO/c1-5-11-18(14(2)19-4)13-17(3)12-16(17)15-9-7-6-8-10-15/h6-10,14,16H,5,11-13H2,1-4H3. The molecule has 0 aliphatic heterocycles. The lowest BCUT2D eigenvalue weighted by molar-refractivity contribution is -0.0282. The SMILES string of the molecule is CCCN(CC1(C)CC1c1ccccc1)C(C)OC. The number of methoxy groups -OCH3 is 1. The Morgan fingerprint density at radius 3 is 2.63 bits per heavy atom. The molecule has 2 heteroatoms. The summed E-state index contributed by atoms with van der Waals surface area (Å²) in [5.41, 5.74) is 1.91. The van der Waals surface area contributed by atoms with Crippen molar-refractivity contribution in [1.29, 1.82) is 0 Å². The van der Waals surface area contributed by atoms with E-state index in [0.29, 0.717) is 5.41 Å². The van der Waals surface area contributed by atoms with Gasteiger partial charge in [0.25, 0.3) is 0 Å². The molecule has 0 saturated heterocycles. The fourth-order valence-corrected chi connectivity index (χ4v) is 3.08. The Labute approximate surface area is 117 Å². The monoisotopic (exact) mass is 261 g/mol. The van der Waals surface area contributed by atoms with Crippen LogP contribution >= 0.6 is 0 Å². The molecule has 3 unspecified atom stereocenters. The van der Waals surface area contributed by atoms with Crippen LogP contribution < -0.4 is 0 Å². The Bertz CT molecular complexity index is 392. The molecule has 0 bridgehead atoms. The lowest BCUT2D eigenvalue weighted by Gasteiger charge is -2.30. The van der Waals surface area contributed by atoms with Crippen molar-refractivity contribution in [2.45, 2.75) is 45.8 Å². The zero-order chi connectivity index (χ0) is 13.9. The van der Waals surface area contributed by atoms with Crippen LogP contribution in [0.1, 0.15) is 45.1 Å². The quantitative estimate of drug-likeness (QED) is 0.691. The Morgan fingerprint density at radius 2 is 2.05 bits per heavy atom. The van der Waals surface area contributed by atoms with Gasteiger partial charge in [-0.2, -0.15) is 0 Å². The minimum Gasteiger partial charge on any atom is -0.367 e. The molecule has 2 rings (SSSR count). The molecule has 1 aromatic carbocycles. The summed E-state index contributed by atoms with van der Waals surface area (Å²) >= 11 is 0. The third-order valence-corrected chi connectivity index (χ3v) is 4.48. The second-order valence-electron chi connectivity index (χ2n) is 6.13. The van der Waals surface area contributed by atoms with Crippen LogP contribution in [0.15, 0.2) is 30.3 Å². The number of benzene rings is 1. The van der Waals surface area contributed by atoms with E-state index in [1.165, 1.54) is 18.4 Å². The summed E-state index contributed by atoms with van der Waals surface area (Å²) in [6, 6.07) is 10.9. The van der Waals surface area contributed by atoms with Crippen molar-refractivity contribution >= 4 is 0 Å². The largest absolute Gasteiger partial charge is 0.367 e. The molecule has 106 valence electrons. The van der Waals surface area contributed by atoms with Crippen LogP contribution in [0.25, 0.3) is 0 Å². The van der Waals surface area contributed by atoms with Crippen LogP contribution in [0.5, 0.6) is 0 Å². The van der Waals surface area contributed by atoms with Crippen molar-refractivity contribution < 1.29 is 4.74 Å². The fourth-order valence-electron chi connectivity index (χ4n) is 3.08. The number of hydrogen-bond acceptors (Lipinski definition) is 2. The third-order valence-electron chi connectivity index (χ3n) is 4.48. The second kappa shape index (κ2) is 6.06. The first-order valence-corrected chi connectivity index (χ1v) is 7.42. The van der Waals surface area contributed by atoms with E-state index in [0.717, 1.165) is 19.0 Å². The smallest absolute Gasteiger partial charge is 0.107 e. The van der Waals surface area contributed by atoms with E-state index in [9.17, 15) is 0 Å². The van der Waals surface area contributed by atoms with Crippen LogP contribution in [0.2, 0.25) is 0 Å². The zero-order valence-corrected chi connectivity index (χ0v) is 12.7. The van der Waals surface area contributed by atoms with Gasteiger partial charge in [0.1, 0.15) is 6.23 Å². The Kier molecular flexibility index (Phi) is 4.64. The summed E-state index contributed by atoms with van der Waals surface area (Å²) in [5.74, 6) is 0.720. The van der Waals surface area contributed by atoms with Crippen molar-refractivity contribution in [3.63, 3.8) is 0 Å². The maximum atomic E-state index is 5.51. The molecule has 1 aromatic rings. The number of hydrogen-bond donors (Lipinski definition) is 0. The van der Waals surface area contributed by atoms with Crippen LogP contribution in [-0.4, -0.2) is 31.3 Å². The highest BCUT2D eigenvalue weighted by molar-refractivity contribution is 5.29. The van der Waals surface area contributed by atoms with Crippen LogP contribution in [0.4, 0.5) is 0 Å². The average molecular weight is 261 g/mol. The van der Waals surface area contributed by atoms with Gasteiger partial charge in [-0.3, -0.25) is 4.90 Å². The molecule has 1 saturated carbocycles. The molecular formula is C17H27NO. The second-order valence-corrected chi connectivity index (χ2v) is 6.13. The Balaban J connectivity index is 1.99. The van der Waals surface area contributed by atoms with Gasteiger partial charge in [0.05, 0.1) is 0 Å². The first kappa shape index (κ1) is 14.5.